The molecule has 12 heavy (non-hydrogen) atoms. The zero-order chi connectivity index (χ0) is 9.14. The van der Waals surface area contributed by atoms with E-state index >= 15 is 0 Å². The molecule has 4 nitrogen and oxygen atoms in total. The van der Waals surface area contributed by atoms with Crippen molar-refractivity contribution in [1.29, 1.82) is 0 Å². The molecule has 0 aliphatic rings. The summed E-state index contributed by atoms with van der Waals surface area (Å²) >= 11 is 0. The summed E-state index contributed by atoms with van der Waals surface area (Å²) in [5.41, 5.74) is 13.4. The highest BCUT2D eigenvalue weighted by Gasteiger charge is 2.11. The Morgan fingerprint density at radius 3 is 2.83 bits per heavy atom. The summed E-state index contributed by atoms with van der Waals surface area (Å²) in [6.07, 6.45) is 2.85. The first kappa shape index (κ1) is 9.22. The van der Waals surface area contributed by atoms with Crippen LogP contribution in [0, 0.1) is 0 Å². The zero-order valence-electron chi connectivity index (χ0n) is 7.62. The summed E-state index contributed by atoms with van der Waals surface area (Å²) in [6.45, 7) is 2.54. The predicted molar refractivity (Wildman–Crippen MR) is 48.6 cm³/mol. The second-order valence-corrected chi connectivity index (χ2v) is 2.90. The molecule has 0 bridgehead atoms. The maximum absolute atomic E-state index is 5.81. The highest BCUT2D eigenvalue weighted by Crippen LogP contribution is 2.13. The molecule has 0 fully saturated rings. The van der Waals surface area contributed by atoms with Crippen molar-refractivity contribution in [2.45, 2.75) is 19.4 Å². The van der Waals surface area contributed by atoms with Crippen LogP contribution in [-0.4, -0.2) is 16.3 Å². The third-order valence-corrected chi connectivity index (χ3v) is 1.93. The van der Waals surface area contributed by atoms with E-state index in [9.17, 15) is 0 Å². The second-order valence-electron chi connectivity index (χ2n) is 2.90. The van der Waals surface area contributed by atoms with Crippen LogP contribution in [0.5, 0.6) is 0 Å². The molecule has 0 aliphatic carbocycles. The van der Waals surface area contributed by atoms with Crippen molar-refractivity contribution in [1.82, 2.24) is 9.78 Å². The molecule has 4 N–H and O–H groups in total. The van der Waals surface area contributed by atoms with Crippen molar-refractivity contribution in [2.75, 3.05) is 6.54 Å². The average molecular weight is 168 g/mol. The van der Waals surface area contributed by atoms with Gasteiger partial charge in [-0.2, -0.15) is 5.10 Å². The molecule has 0 aromatic carbocycles. The van der Waals surface area contributed by atoms with Gasteiger partial charge in [0.15, 0.2) is 0 Å². The van der Waals surface area contributed by atoms with Gasteiger partial charge in [-0.1, -0.05) is 6.92 Å². The summed E-state index contributed by atoms with van der Waals surface area (Å²) in [6, 6.07) is -0.0753. The maximum Gasteiger partial charge on any atom is 0.0669 e. The first-order chi connectivity index (χ1) is 5.69. The van der Waals surface area contributed by atoms with Gasteiger partial charge < -0.3 is 11.5 Å². The van der Waals surface area contributed by atoms with Crippen LogP contribution in [0.25, 0.3) is 0 Å². The van der Waals surface area contributed by atoms with E-state index in [1.165, 1.54) is 0 Å². The summed E-state index contributed by atoms with van der Waals surface area (Å²) in [4.78, 5) is 0. The Kier molecular flexibility index (Phi) is 2.83. The van der Waals surface area contributed by atoms with Gasteiger partial charge in [-0.25, -0.2) is 0 Å². The van der Waals surface area contributed by atoms with Crippen molar-refractivity contribution >= 4 is 0 Å². The van der Waals surface area contributed by atoms with E-state index < -0.39 is 0 Å². The van der Waals surface area contributed by atoms with Gasteiger partial charge in [0, 0.05) is 31.4 Å². The molecule has 0 radical (unpaired) electrons. The highest BCUT2D eigenvalue weighted by molar-refractivity contribution is 5.21. The third-order valence-electron chi connectivity index (χ3n) is 1.93. The summed E-state index contributed by atoms with van der Waals surface area (Å²) in [7, 11) is 1.89. The summed E-state index contributed by atoms with van der Waals surface area (Å²) in [5, 5.41) is 4.28. The minimum absolute atomic E-state index is 0.0753. The highest BCUT2D eigenvalue weighted by atomic mass is 15.3. The minimum atomic E-state index is -0.0753. The second kappa shape index (κ2) is 3.69. The van der Waals surface area contributed by atoms with Gasteiger partial charge >= 0.3 is 0 Å². The number of aromatic nitrogens is 2. The molecule has 1 aromatic heterocycles. The smallest absolute Gasteiger partial charge is 0.0669 e. The van der Waals surface area contributed by atoms with Gasteiger partial charge in [0.2, 0.25) is 0 Å². The number of hydrogen-bond acceptors (Lipinski definition) is 3. The zero-order valence-corrected chi connectivity index (χ0v) is 7.62. The van der Waals surface area contributed by atoms with Crippen LogP contribution in [0.1, 0.15) is 24.2 Å². The molecule has 0 spiro atoms. The SMILES string of the molecule is CCc1nn(C)cc1C(N)CN. The first-order valence-electron chi connectivity index (χ1n) is 4.17. The van der Waals surface area contributed by atoms with Crippen molar-refractivity contribution in [3.05, 3.63) is 17.5 Å². The Morgan fingerprint density at radius 2 is 2.33 bits per heavy atom. The third kappa shape index (κ3) is 1.65. The normalized spacial score (nSPS) is 13.3. The lowest BCUT2D eigenvalue weighted by Crippen LogP contribution is -2.21. The largest absolute Gasteiger partial charge is 0.329 e. The lowest BCUT2D eigenvalue weighted by Gasteiger charge is -2.06. The molecule has 1 unspecified atom stereocenters. The molecule has 0 amide bonds. The van der Waals surface area contributed by atoms with E-state index in [4.69, 9.17) is 11.5 Å². The van der Waals surface area contributed by atoms with Gasteiger partial charge in [0.05, 0.1) is 5.69 Å². The van der Waals surface area contributed by atoms with Crippen molar-refractivity contribution in [3.63, 3.8) is 0 Å². The quantitative estimate of drug-likeness (QED) is 0.664. The monoisotopic (exact) mass is 168 g/mol. The van der Waals surface area contributed by atoms with Crippen LogP contribution in [0.2, 0.25) is 0 Å². The van der Waals surface area contributed by atoms with E-state index in [1.54, 1.807) is 4.68 Å². The summed E-state index contributed by atoms with van der Waals surface area (Å²) < 4.78 is 1.78. The van der Waals surface area contributed by atoms with E-state index in [1.807, 2.05) is 13.2 Å². The molecule has 1 aromatic rings. The van der Waals surface area contributed by atoms with Crippen molar-refractivity contribution in [3.8, 4) is 0 Å². The lowest BCUT2D eigenvalue weighted by atomic mass is 10.1. The van der Waals surface area contributed by atoms with Gasteiger partial charge in [0.1, 0.15) is 0 Å². The lowest BCUT2D eigenvalue weighted by molar-refractivity contribution is 0.726. The van der Waals surface area contributed by atoms with Crippen molar-refractivity contribution < 1.29 is 0 Å². The Hall–Kier alpha value is -0.870. The van der Waals surface area contributed by atoms with E-state index in [0.29, 0.717) is 6.54 Å². The predicted octanol–water partition coefficient (Wildman–Crippen LogP) is -0.0590. The van der Waals surface area contributed by atoms with Crippen molar-refractivity contribution in [2.24, 2.45) is 18.5 Å². The Morgan fingerprint density at radius 1 is 1.67 bits per heavy atom. The van der Waals surface area contributed by atoms with Crippen LogP contribution in [0.3, 0.4) is 0 Å². The van der Waals surface area contributed by atoms with E-state index in [2.05, 4.69) is 12.0 Å². The average Bonchev–Trinajstić information content (AvgIpc) is 2.45. The number of nitrogens with zero attached hydrogens (tertiary/aromatic N) is 2. The van der Waals surface area contributed by atoms with Crippen LogP contribution < -0.4 is 11.5 Å². The molecule has 1 atom stereocenters. The Bertz CT molecular complexity index is 254. The topological polar surface area (TPSA) is 69.9 Å². The van der Waals surface area contributed by atoms with Gasteiger partial charge in [-0.15, -0.1) is 0 Å². The van der Waals surface area contributed by atoms with Crippen LogP contribution in [0.4, 0.5) is 0 Å². The molecular weight excluding hydrogens is 152 g/mol. The molecule has 4 heteroatoms. The number of aryl methyl sites for hydroxylation is 2. The molecule has 68 valence electrons. The van der Waals surface area contributed by atoms with Gasteiger partial charge in [-0.05, 0) is 6.42 Å². The molecule has 1 heterocycles. The minimum Gasteiger partial charge on any atom is -0.329 e. The fraction of sp³-hybridized carbons (Fsp3) is 0.625. The molecule has 0 aliphatic heterocycles. The van der Waals surface area contributed by atoms with Gasteiger partial charge in [0.25, 0.3) is 0 Å². The number of hydrogen-bond donors (Lipinski definition) is 2. The Labute approximate surface area is 72.5 Å². The molecule has 0 saturated heterocycles. The fourth-order valence-electron chi connectivity index (χ4n) is 1.26. The first-order valence-corrected chi connectivity index (χ1v) is 4.17. The Balaban J connectivity index is 2.96. The fourth-order valence-corrected chi connectivity index (χ4v) is 1.26. The van der Waals surface area contributed by atoms with E-state index in [0.717, 1.165) is 17.7 Å². The molecule has 0 saturated carbocycles. The van der Waals surface area contributed by atoms with Crippen LogP contribution in [0.15, 0.2) is 6.20 Å². The number of rotatable bonds is 3. The summed E-state index contributed by atoms with van der Waals surface area (Å²) in [5.74, 6) is 0. The molecular formula is C8H16N4. The van der Waals surface area contributed by atoms with Crippen LogP contribution >= 0.6 is 0 Å². The standard InChI is InChI=1S/C8H16N4/c1-3-8-6(7(10)4-9)5-12(2)11-8/h5,7H,3-4,9-10H2,1-2H3. The van der Waals surface area contributed by atoms with Gasteiger partial charge in [-0.3, -0.25) is 4.68 Å². The van der Waals surface area contributed by atoms with Crippen LogP contribution in [-0.2, 0) is 13.5 Å². The van der Waals surface area contributed by atoms with E-state index in [-0.39, 0.29) is 6.04 Å². The maximum atomic E-state index is 5.81. The number of nitrogens with two attached hydrogens (primary N) is 2. The molecule has 1 rings (SSSR count).